The molecule has 65 valence electrons. The van der Waals surface area contributed by atoms with Crippen LogP contribution in [0.4, 0.5) is 0 Å². The van der Waals surface area contributed by atoms with Crippen molar-refractivity contribution in [1.29, 1.82) is 0 Å². The van der Waals surface area contributed by atoms with Gasteiger partial charge in [0.2, 0.25) is 0 Å². The number of unbranched alkanes of at least 4 members (excludes halogenated alkanes) is 1. The van der Waals surface area contributed by atoms with Gasteiger partial charge < -0.3 is 0 Å². The van der Waals surface area contributed by atoms with Gasteiger partial charge in [-0.25, -0.2) is 5.11 Å². The Bertz CT molecular complexity index is 110. The highest BCUT2D eigenvalue weighted by molar-refractivity contribution is 5.82. The lowest BCUT2D eigenvalue weighted by molar-refractivity contribution is -0.130. The van der Waals surface area contributed by atoms with E-state index in [1.165, 1.54) is 0 Å². The monoisotopic (exact) mass is 157 g/mol. The van der Waals surface area contributed by atoms with E-state index < -0.39 is 6.10 Å². The Morgan fingerprint density at radius 3 is 2.36 bits per heavy atom. The molecule has 0 aliphatic carbocycles. The van der Waals surface area contributed by atoms with Gasteiger partial charge in [0.15, 0.2) is 11.9 Å². The van der Waals surface area contributed by atoms with Crippen molar-refractivity contribution in [2.24, 2.45) is 0 Å². The van der Waals surface area contributed by atoms with E-state index in [0.29, 0.717) is 12.8 Å². The van der Waals surface area contributed by atoms with Gasteiger partial charge in [-0.1, -0.05) is 26.7 Å². The van der Waals surface area contributed by atoms with E-state index in [-0.39, 0.29) is 5.78 Å². The van der Waals surface area contributed by atoms with E-state index >= 15 is 0 Å². The molecule has 0 spiro atoms. The lowest BCUT2D eigenvalue weighted by Gasteiger charge is -2.04. The molecule has 1 unspecified atom stereocenters. The molecule has 0 aromatic heterocycles. The summed E-state index contributed by atoms with van der Waals surface area (Å²) in [5.41, 5.74) is 0. The summed E-state index contributed by atoms with van der Waals surface area (Å²) in [6.07, 6.45) is 2.70. The summed E-state index contributed by atoms with van der Waals surface area (Å²) in [7, 11) is 0. The van der Waals surface area contributed by atoms with Crippen LogP contribution in [0.5, 0.6) is 0 Å². The Morgan fingerprint density at radius 2 is 1.91 bits per heavy atom. The molecule has 0 aromatic rings. The second-order valence-electron chi connectivity index (χ2n) is 2.85. The molecule has 11 heavy (non-hydrogen) atoms. The zero-order valence-corrected chi connectivity index (χ0v) is 7.43. The third kappa shape index (κ3) is 4.96. The fourth-order valence-electron chi connectivity index (χ4n) is 0.958. The predicted molar refractivity (Wildman–Crippen MR) is 43.9 cm³/mol. The lowest BCUT2D eigenvalue weighted by Crippen LogP contribution is -2.17. The third-order valence-electron chi connectivity index (χ3n) is 1.68. The molecule has 0 saturated carbocycles. The fourth-order valence-corrected chi connectivity index (χ4v) is 0.958. The molecule has 2 nitrogen and oxygen atoms in total. The van der Waals surface area contributed by atoms with Crippen LogP contribution in [-0.2, 0) is 9.90 Å². The molecular weight excluding hydrogens is 140 g/mol. The zero-order valence-electron chi connectivity index (χ0n) is 7.43. The highest BCUT2D eigenvalue weighted by atomic mass is 16.3. The molecule has 1 atom stereocenters. The number of hydrogen-bond acceptors (Lipinski definition) is 1. The van der Waals surface area contributed by atoms with E-state index in [4.69, 9.17) is 0 Å². The topological polar surface area (TPSA) is 37.0 Å². The molecule has 0 bridgehead atoms. The summed E-state index contributed by atoms with van der Waals surface area (Å²) >= 11 is 0. The second-order valence-corrected chi connectivity index (χ2v) is 2.85. The van der Waals surface area contributed by atoms with Gasteiger partial charge in [-0.3, -0.25) is 4.79 Å². The predicted octanol–water partition coefficient (Wildman–Crippen LogP) is 2.34. The maximum Gasteiger partial charge on any atom is 0.164 e. The van der Waals surface area contributed by atoms with Gasteiger partial charge in [0.05, 0.1) is 0 Å². The largest absolute Gasteiger partial charge is 0.297 e. The molecule has 0 heterocycles. The SMILES string of the molecule is CCCCC([O])C(=O)CCC. The minimum absolute atomic E-state index is 0.110. The average molecular weight is 157 g/mol. The molecular formula is C9H17O2. The highest BCUT2D eigenvalue weighted by Gasteiger charge is 2.14. The molecule has 0 aliphatic rings. The zero-order chi connectivity index (χ0) is 8.69. The summed E-state index contributed by atoms with van der Waals surface area (Å²) < 4.78 is 0. The van der Waals surface area contributed by atoms with Crippen molar-refractivity contribution in [2.45, 2.75) is 52.1 Å². The molecule has 0 N–H and O–H groups in total. The summed E-state index contributed by atoms with van der Waals surface area (Å²) in [6, 6.07) is 0. The van der Waals surface area contributed by atoms with Crippen molar-refractivity contribution >= 4 is 5.78 Å². The Hall–Kier alpha value is -0.370. The maximum atomic E-state index is 11.0. The number of ketones is 1. The van der Waals surface area contributed by atoms with Crippen molar-refractivity contribution in [3.8, 4) is 0 Å². The van der Waals surface area contributed by atoms with E-state index in [9.17, 15) is 9.90 Å². The highest BCUT2D eigenvalue weighted by Crippen LogP contribution is 2.04. The Balaban J connectivity index is 3.46. The number of carbonyl (C=O) groups is 1. The third-order valence-corrected chi connectivity index (χ3v) is 1.68. The van der Waals surface area contributed by atoms with Crippen LogP contribution in [0.2, 0.25) is 0 Å². The van der Waals surface area contributed by atoms with Crippen LogP contribution in [0.15, 0.2) is 0 Å². The van der Waals surface area contributed by atoms with Crippen molar-refractivity contribution in [1.82, 2.24) is 0 Å². The van der Waals surface area contributed by atoms with Crippen LogP contribution in [0, 0.1) is 0 Å². The number of carbonyl (C=O) groups excluding carboxylic acids is 1. The van der Waals surface area contributed by atoms with E-state index in [2.05, 4.69) is 0 Å². The summed E-state index contributed by atoms with van der Waals surface area (Å²) in [6.45, 7) is 3.95. The Kier molecular flexibility index (Phi) is 6.13. The van der Waals surface area contributed by atoms with Gasteiger partial charge in [-0.2, -0.15) is 0 Å². The van der Waals surface area contributed by atoms with Gasteiger partial charge in [0.1, 0.15) is 0 Å². The molecule has 0 aromatic carbocycles. The summed E-state index contributed by atoms with van der Waals surface area (Å²) in [5.74, 6) is -0.110. The Labute approximate surface area is 68.6 Å². The number of hydrogen-bond donors (Lipinski definition) is 0. The molecule has 0 fully saturated rings. The van der Waals surface area contributed by atoms with E-state index in [1.54, 1.807) is 0 Å². The maximum absolute atomic E-state index is 11.0. The van der Waals surface area contributed by atoms with Crippen LogP contribution in [-0.4, -0.2) is 11.9 Å². The van der Waals surface area contributed by atoms with Crippen LogP contribution in [0.25, 0.3) is 0 Å². The van der Waals surface area contributed by atoms with Crippen molar-refractivity contribution in [2.75, 3.05) is 0 Å². The molecule has 1 radical (unpaired) electrons. The first-order valence-electron chi connectivity index (χ1n) is 4.40. The first kappa shape index (κ1) is 10.6. The van der Waals surface area contributed by atoms with E-state index in [0.717, 1.165) is 19.3 Å². The molecule has 0 aliphatic heterocycles. The van der Waals surface area contributed by atoms with Crippen molar-refractivity contribution < 1.29 is 9.90 Å². The van der Waals surface area contributed by atoms with Gasteiger partial charge >= 0.3 is 0 Å². The van der Waals surface area contributed by atoms with Gasteiger partial charge in [-0.05, 0) is 12.8 Å². The standard InChI is InChI=1S/C9H17O2/c1-3-5-7-9(11)8(10)6-4-2/h9H,3-7H2,1-2H3. The first-order chi connectivity index (χ1) is 5.22. The molecule has 0 saturated heterocycles. The number of rotatable bonds is 6. The Morgan fingerprint density at radius 1 is 1.27 bits per heavy atom. The van der Waals surface area contributed by atoms with Crippen molar-refractivity contribution in [3.63, 3.8) is 0 Å². The van der Waals surface area contributed by atoms with Crippen LogP contribution < -0.4 is 0 Å². The summed E-state index contributed by atoms with van der Waals surface area (Å²) in [4.78, 5) is 10.9. The minimum Gasteiger partial charge on any atom is -0.297 e. The smallest absolute Gasteiger partial charge is 0.164 e. The van der Waals surface area contributed by atoms with Gasteiger partial charge in [-0.15, -0.1) is 0 Å². The minimum atomic E-state index is -0.949. The average Bonchev–Trinajstić information content (AvgIpc) is 2.00. The van der Waals surface area contributed by atoms with Crippen LogP contribution in [0.1, 0.15) is 46.0 Å². The van der Waals surface area contributed by atoms with E-state index in [1.807, 2.05) is 13.8 Å². The van der Waals surface area contributed by atoms with Crippen molar-refractivity contribution in [3.05, 3.63) is 0 Å². The normalized spacial score (nSPS) is 13.0. The summed E-state index contributed by atoms with van der Waals surface area (Å²) in [5, 5.41) is 11.0. The number of Topliss-reactive ketones (excluding diaryl/α,β-unsaturated/α-hetero) is 1. The van der Waals surface area contributed by atoms with Gasteiger partial charge in [0, 0.05) is 6.42 Å². The fraction of sp³-hybridized carbons (Fsp3) is 0.889. The molecule has 0 amide bonds. The second kappa shape index (κ2) is 6.35. The van der Waals surface area contributed by atoms with Crippen LogP contribution in [0.3, 0.4) is 0 Å². The molecule has 2 heteroatoms. The quantitative estimate of drug-likeness (QED) is 0.583. The van der Waals surface area contributed by atoms with Gasteiger partial charge in [0.25, 0.3) is 0 Å². The molecule has 0 rings (SSSR count). The van der Waals surface area contributed by atoms with Crippen LogP contribution >= 0.6 is 0 Å². The first-order valence-corrected chi connectivity index (χ1v) is 4.40. The lowest BCUT2D eigenvalue weighted by atomic mass is 10.1.